The smallest absolute Gasteiger partial charge is 0.0594 e. The Morgan fingerprint density at radius 1 is 1.08 bits per heavy atom. The molecule has 1 aliphatic heterocycles. The standard InChI is InChI=1S/C23H34N2O/c1-24(2)23(20-21-10-4-3-5-11-21)14-8-6-12-22(23)13-7-9-15-25-16-18-26-19-17-25/h3-6,8,10-12,14,22H,7,9,13,15-20H2,1-2H3. The molecule has 3 heteroatoms. The zero-order chi connectivity index (χ0) is 18.2. The van der Waals surface area contributed by atoms with Gasteiger partial charge >= 0.3 is 0 Å². The second-order valence-corrected chi connectivity index (χ2v) is 7.85. The van der Waals surface area contributed by atoms with Gasteiger partial charge in [0.15, 0.2) is 0 Å². The number of rotatable bonds is 8. The Morgan fingerprint density at radius 2 is 1.85 bits per heavy atom. The molecule has 0 bridgehead atoms. The highest BCUT2D eigenvalue weighted by molar-refractivity contribution is 5.29. The van der Waals surface area contributed by atoms with E-state index in [1.165, 1.54) is 31.4 Å². The molecule has 0 radical (unpaired) electrons. The van der Waals surface area contributed by atoms with E-state index in [2.05, 4.69) is 78.5 Å². The number of ether oxygens (including phenoxy) is 1. The summed E-state index contributed by atoms with van der Waals surface area (Å²) in [5.41, 5.74) is 1.49. The van der Waals surface area contributed by atoms with Gasteiger partial charge in [0.05, 0.1) is 13.2 Å². The van der Waals surface area contributed by atoms with Crippen molar-refractivity contribution < 1.29 is 4.74 Å². The molecule has 1 heterocycles. The molecular weight excluding hydrogens is 320 g/mol. The van der Waals surface area contributed by atoms with Crippen LogP contribution in [0.2, 0.25) is 0 Å². The van der Waals surface area contributed by atoms with E-state index in [4.69, 9.17) is 4.74 Å². The second kappa shape index (κ2) is 9.50. The van der Waals surface area contributed by atoms with Gasteiger partial charge in [0.25, 0.3) is 0 Å². The molecule has 0 N–H and O–H groups in total. The third-order valence-corrected chi connectivity index (χ3v) is 5.99. The first-order chi connectivity index (χ1) is 12.7. The Hall–Kier alpha value is -1.42. The van der Waals surface area contributed by atoms with Crippen molar-refractivity contribution in [1.29, 1.82) is 0 Å². The predicted octanol–water partition coefficient (Wildman–Crippen LogP) is 3.77. The number of nitrogens with zero attached hydrogens (tertiary/aromatic N) is 2. The molecule has 1 saturated heterocycles. The summed E-state index contributed by atoms with van der Waals surface area (Å²) in [6.45, 7) is 5.21. The van der Waals surface area contributed by atoms with Crippen molar-refractivity contribution in [3.63, 3.8) is 0 Å². The highest BCUT2D eigenvalue weighted by Crippen LogP contribution is 2.36. The fourth-order valence-electron chi connectivity index (χ4n) is 4.33. The van der Waals surface area contributed by atoms with Crippen LogP contribution in [0.4, 0.5) is 0 Å². The van der Waals surface area contributed by atoms with Crippen LogP contribution in [-0.2, 0) is 11.2 Å². The quantitative estimate of drug-likeness (QED) is 0.661. The monoisotopic (exact) mass is 354 g/mol. The van der Waals surface area contributed by atoms with E-state index in [9.17, 15) is 0 Å². The lowest BCUT2D eigenvalue weighted by Crippen LogP contribution is -2.51. The van der Waals surface area contributed by atoms with Crippen molar-refractivity contribution in [3.8, 4) is 0 Å². The summed E-state index contributed by atoms with van der Waals surface area (Å²) < 4.78 is 5.45. The lowest BCUT2D eigenvalue weighted by atomic mass is 9.73. The Morgan fingerprint density at radius 3 is 2.58 bits per heavy atom. The average molecular weight is 355 g/mol. The highest BCUT2D eigenvalue weighted by atomic mass is 16.5. The predicted molar refractivity (Wildman–Crippen MR) is 109 cm³/mol. The van der Waals surface area contributed by atoms with Gasteiger partial charge in [-0.15, -0.1) is 0 Å². The maximum absolute atomic E-state index is 5.45. The molecule has 1 aromatic rings. The zero-order valence-corrected chi connectivity index (χ0v) is 16.4. The molecule has 1 aliphatic carbocycles. The number of likely N-dealkylation sites (N-methyl/N-ethyl adjacent to an activating group) is 1. The SMILES string of the molecule is CN(C)C1(Cc2ccccc2)C=CC=CC1CCCCN1CCOCC1. The first-order valence-electron chi connectivity index (χ1n) is 10.1. The van der Waals surface area contributed by atoms with E-state index in [0.717, 1.165) is 32.7 Å². The van der Waals surface area contributed by atoms with Crippen LogP contribution in [-0.4, -0.2) is 62.3 Å². The summed E-state index contributed by atoms with van der Waals surface area (Å²) in [6.07, 6.45) is 14.2. The van der Waals surface area contributed by atoms with E-state index in [1.54, 1.807) is 0 Å². The number of hydrogen-bond acceptors (Lipinski definition) is 3. The molecule has 3 nitrogen and oxygen atoms in total. The molecule has 0 saturated carbocycles. The fourth-order valence-corrected chi connectivity index (χ4v) is 4.33. The van der Waals surface area contributed by atoms with E-state index in [1.807, 2.05) is 0 Å². The summed E-state index contributed by atoms with van der Waals surface area (Å²) >= 11 is 0. The van der Waals surface area contributed by atoms with E-state index >= 15 is 0 Å². The Bertz CT molecular complexity index is 589. The van der Waals surface area contributed by atoms with Gasteiger partial charge in [-0.25, -0.2) is 0 Å². The van der Waals surface area contributed by atoms with Crippen molar-refractivity contribution in [3.05, 3.63) is 60.2 Å². The molecular formula is C23H34N2O. The van der Waals surface area contributed by atoms with E-state index < -0.39 is 0 Å². The summed E-state index contributed by atoms with van der Waals surface area (Å²) in [5, 5.41) is 0. The fraction of sp³-hybridized carbons (Fsp3) is 0.565. The van der Waals surface area contributed by atoms with Crippen molar-refractivity contribution in [2.24, 2.45) is 5.92 Å². The lowest BCUT2D eigenvalue weighted by molar-refractivity contribution is 0.0368. The van der Waals surface area contributed by atoms with Gasteiger partial charge < -0.3 is 4.74 Å². The van der Waals surface area contributed by atoms with Crippen molar-refractivity contribution in [1.82, 2.24) is 9.80 Å². The molecule has 1 aromatic carbocycles. The topological polar surface area (TPSA) is 15.7 Å². The van der Waals surface area contributed by atoms with Crippen molar-refractivity contribution in [2.45, 2.75) is 31.2 Å². The van der Waals surface area contributed by atoms with Crippen LogP contribution in [0.25, 0.3) is 0 Å². The molecule has 0 aromatic heterocycles. The Balaban J connectivity index is 1.59. The van der Waals surface area contributed by atoms with Crippen LogP contribution in [0.3, 0.4) is 0 Å². The summed E-state index contributed by atoms with van der Waals surface area (Å²) in [7, 11) is 4.46. The average Bonchev–Trinajstić information content (AvgIpc) is 2.68. The molecule has 1 fully saturated rings. The highest BCUT2D eigenvalue weighted by Gasteiger charge is 2.38. The van der Waals surface area contributed by atoms with Gasteiger partial charge in [-0.05, 0) is 51.4 Å². The molecule has 2 unspecified atom stereocenters. The first-order valence-corrected chi connectivity index (χ1v) is 10.1. The number of benzene rings is 1. The van der Waals surface area contributed by atoms with Crippen LogP contribution in [0.5, 0.6) is 0 Å². The third-order valence-electron chi connectivity index (χ3n) is 5.99. The van der Waals surface area contributed by atoms with E-state index in [-0.39, 0.29) is 5.54 Å². The van der Waals surface area contributed by atoms with Gasteiger partial charge in [0.2, 0.25) is 0 Å². The van der Waals surface area contributed by atoms with Crippen LogP contribution >= 0.6 is 0 Å². The second-order valence-electron chi connectivity index (χ2n) is 7.85. The minimum atomic E-state index is 0.0784. The molecule has 26 heavy (non-hydrogen) atoms. The number of unbranched alkanes of at least 4 members (excludes halogenated alkanes) is 1. The van der Waals surface area contributed by atoms with Gasteiger partial charge in [-0.1, -0.05) is 61.1 Å². The molecule has 2 aliphatic rings. The minimum Gasteiger partial charge on any atom is -0.379 e. The van der Waals surface area contributed by atoms with Gasteiger partial charge in [-0.3, -0.25) is 9.80 Å². The lowest BCUT2D eigenvalue weighted by Gasteiger charge is -2.44. The van der Waals surface area contributed by atoms with Gasteiger partial charge in [-0.2, -0.15) is 0 Å². The number of morpholine rings is 1. The minimum absolute atomic E-state index is 0.0784. The van der Waals surface area contributed by atoms with Crippen molar-refractivity contribution >= 4 is 0 Å². The van der Waals surface area contributed by atoms with Crippen LogP contribution in [0.1, 0.15) is 24.8 Å². The number of allylic oxidation sites excluding steroid dienone is 2. The first kappa shape index (κ1) is 19.3. The largest absolute Gasteiger partial charge is 0.379 e. The maximum Gasteiger partial charge on any atom is 0.0594 e. The summed E-state index contributed by atoms with van der Waals surface area (Å²) in [4.78, 5) is 4.97. The Labute approximate surface area is 159 Å². The molecule has 2 atom stereocenters. The summed E-state index contributed by atoms with van der Waals surface area (Å²) in [5.74, 6) is 0.562. The Kier molecular flexibility index (Phi) is 7.07. The van der Waals surface area contributed by atoms with Crippen LogP contribution < -0.4 is 0 Å². The molecule has 142 valence electrons. The van der Waals surface area contributed by atoms with Crippen LogP contribution in [0, 0.1) is 5.92 Å². The zero-order valence-electron chi connectivity index (χ0n) is 16.4. The normalized spacial score (nSPS) is 26.5. The number of hydrogen-bond donors (Lipinski definition) is 0. The summed E-state index contributed by atoms with van der Waals surface area (Å²) in [6, 6.07) is 10.9. The van der Waals surface area contributed by atoms with Gasteiger partial charge in [0.1, 0.15) is 0 Å². The third kappa shape index (κ3) is 4.85. The van der Waals surface area contributed by atoms with Gasteiger partial charge in [0, 0.05) is 18.6 Å². The van der Waals surface area contributed by atoms with Crippen molar-refractivity contribution in [2.75, 3.05) is 46.9 Å². The molecule has 0 spiro atoms. The maximum atomic E-state index is 5.45. The molecule has 3 rings (SSSR count). The van der Waals surface area contributed by atoms with Crippen LogP contribution in [0.15, 0.2) is 54.6 Å². The van der Waals surface area contributed by atoms with E-state index in [0.29, 0.717) is 5.92 Å². The molecule has 0 amide bonds.